The molecule has 1 saturated heterocycles. The molecule has 1 aromatic rings. The van der Waals surface area contributed by atoms with E-state index < -0.39 is 44.7 Å². The molecule has 0 aliphatic carbocycles. The van der Waals surface area contributed by atoms with Crippen LogP contribution in [0.2, 0.25) is 0 Å². The lowest BCUT2D eigenvalue weighted by Gasteiger charge is -2.17. The predicted octanol–water partition coefficient (Wildman–Crippen LogP) is -1.07. The highest BCUT2D eigenvalue weighted by Crippen LogP contribution is 2.44. The number of aliphatic hydroxyl groups is 1. The number of nitrogens with two attached hydrogens (primary N) is 1. The summed E-state index contributed by atoms with van der Waals surface area (Å²) in [6.07, 6.45) is -3.78. The number of rotatable bonds is 7. The zero-order valence-corrected chi connectivity index (χ0v) is 12.8. The van der Waals surface area contributed by atoms with Gasteiger partial charge in [0.1, 0.15) is 12.2 Å². The normalized spacial score (nSPS) is 30.3. The van der Waals surface area contributed by atoms with Crippen molar-refractivity contribution in [1.82, 2.24) is 9.55 Å². The second kappa shape index (κ2) is 7.58. The maximum Gasteiger partial charge on any atom is 0.472 e. The van der Waals surface area contributed by atoms with Crippen LogP contribution in [0.5, 0.6) is 0 Å². The van der Waals surface area contributed by atoms with E-state index in [4.69, 9.17) is 10.5 Å². The molecule has 23 heavy (non-hydrogen) atoms. The molecule has 0 spiro atoms. The first-order valence-electron chi connectivity index (χ1n) is 6.68. The Kier molecular flexibility index (Phi) is 5.98. The molecule has 4 N–H and O–H groups in total. The van der Waals surface area contributed by atoms with Gasteiger partial charge in [-0.05, 0) is 6.07 Å². The second-order valence-corrected chi connectivity index (χ2v) is 6.15. The van der Waals surface area contributed by atoms with E-state index in [0.717, 1.165) is 4.57 Å². The van der Waals surface area contributed by atoms with Crippen LogP contribution >= 0.6 is 7.82 Å². The molecule has 1 aliphatic rings. The fourth-order valence-corrected chi connectivity index (χ4v) is 2.75. The minimum atomic E-state index is -4.38. The van der Waals surface area contributed by atoms with Gasteiger partial charge in [-0.2, -0.15) is 0 Å². The van der Waals surface area contributed by atoms with Crippen LogP contribution in [0.4, 0.5) is 4.39 Å². The van der Waals surface area contributed by atoms with Gasteiger partial charge in [0.15, 0.2) is 12.4 Å². The summed E-state index contributed by atoms with van der Waals surface area (Å²) < 4.78 is 40.8. The van der Waals surface area contributed by atoms with Crippen LogP contribution in [0, 0.1) is 0 Å². The number of aromatic nitrogens is 2. The molecule has 10 nitrogen and oxygen atoms in total. The fourth-order valence-electron chi connectivity index (χ4n) is 2.00. The summed E-state index contributed by atoms with van der Waals surface area (Å²) in [7, 11) is -4.38. The lowest BCUT2D eigenvalue weighted by Crippen LogP contribution is -2.33. The molecule has 0 radical (unpaired) electrons. The number of halogens is 1. The van der Waals surface area contributed by atoms with E-state index in [9.17, 15) is 23.7 Å². The van der Waals surface area contributed by atoms with Crippen LogP contribution in [0.25, 0.3) is 0 Å². The van der Waals surface area contributed by atoms with E-state index in [1.165, 1.54) is 18.5 Å². The van der Waals surface area contributed by atoms with E-state index in [0.29, 0.717) is 0 Å². The van der Waals surface area contributed by atoms with Crippen molar-refractivity contribution in [2.24, 2.45) is 5.73 Å². The van der Waals surface area contributed by atoms with Gasteiger partial charge in [0.2, 0.25) is 0 Å². The van der Waals surface area contributed by atoms with Crippen molar-refractivity contribution in [1.29, 1.82) is 0 Å². The van der Waals surface area contributed by atoms with Crippen molar-refractivity contribution < 1.29 is 32.7 Å². The first-order valence-corrected chi connectivity index (χ1v) is 8.18. The molecule has 3 unspecified atom stereocenters. The molecular weight excluding hydrogens is 336 g/mol. The van der Waals surface area contributed by atoms with Crippen molar-refractivity contribution >= 4 is 7.82 Å². The molecule has 12 heteroatoms. The molecule has 0 amide bonds. The van der Waals surface area contributed by atoms with Crippen LogP contribution in [-0.4, -0.2) is 57.7 Å². The zero-order chi connectivity index (χ0) is 17.0. The van der Waals surface area contributed by atoms with E-state index in [-0.39, 0.29) is 13.2 Å². The quantitative estimate of drug-likeness (QED) is 0.522. The zero-order valence-electron chi connectivity index (χ0n) is 11.9. The first-order chi connectivity index (χ1) is 10.9. The number of nitrogens with zero attached hydrogens (tertiary/aromatic N) is 2. The van der Waals surface area contributed by atoms with Gasteiger partial charge >= 0.3 is 13.5 Å². The topological polar surface area (TPSA) is 146 Å². The van der Waals surface area contributed by atoms with Crippen LogP contribution in [0.3, 0.4) is 0 Å². The molecule has 130 valence electrons. The number of ether oxygens (including phenoxy) is 1. The van der Waals surface area contributed by atoms with Gasteiger partial charge in [-0.25, -0.2) is 18.7 Å². The molecule has 1 aliphatic heterocycles. The van der Waals surface area contributed by atoms with Crippen molar-refractivity contribution in [3.8, 4) is 0 Å². The van der Waals surface area contributed by atoms with Crippen molar-refractivity contribution in [3.05, 3.63) is 28.9 Å². The molecule has 5 atom stereocenters. The minimum Gasteiger partial charge on any atom is -0.387 e. The summed E-state index contributed by atoms with van der Waals surface area (Å²) >= 11 is 0. The third-order valence-electron chi connectivity index (χ3n) is 3.08. The highest BCUT2D eigenvalue weighted by molar-refractivity contribution is 7.47. The van der Waals surface area contributed by atoms with Gasteiger partial charge < -0.3 is 20.5 Å². The Balaban J connectivity index is 2.02. The highest BCUT2D eigenvalue weighted by Gasteiger charge is 2.46. The number of alkyl halides is 1. The van der Waals surface area contributed by atoms with Gasteiger partial charge in [-0.3, -0.25) is 13.6 Å². The Bertz CT molecular complexity index is 630. The Labute approximate surface area is 130 Å². The Hall–Kier alpha value is -1.20. The van der Waals surface area contributed by atoms with E-state index >= 15 is 0 Å². The minimum absolute atomic E-state index is 0.00894. The van der Waals surface area contributed by atoms with E-state index in [2.05, 4.69) is 14.0 Å². The van der Waals surface area contributed by atoms with Crippen molar-refractivity contribution in [3.63, 3.8) is 0 Å². The SMILES string of the molecule is NCCOP(=O)(O)OC[C@H]1OC(n2cccnc2=O)C(F)[C@@H]1O. The Morgan fingerprint density at radius 1 is 1.52 bits per heavy atom. The molecule has 1 fully saturated rings. The van der Waals surface area contributed by atoms with Crippen molar-refractivity contribution in [2.75, 3.05) is 19.8 Å². The van der Waals surface area contributed by atoms with Crippen LogP contribution in [-0.2, 0) is 18.3 Å². The maximum atomic E-state index is 14.1. The van der Waals surface area contributed by atoms with Gasteiger partial charge in [-0.15, -0.1) is 0 Å². The van der Waals surface area contributed by atoms with Gasteiger partial charge in [-0.1, -0.05) is 0 Å². The molecule has 0 bridgehead atoms. The molecule has 1 aromatic heterocycles. The third-order valence-corrected chi connectivity index (χ3v) is 4.07. The Morgan fingerprint density at radius 3 is 2.91 bits per heavy atom. The molecule has 0 aromatic carbocycles. The van der Waals surface area contributed by atoms with Crippen molar-refractivity contribution in [2.45, 2.75) is 24.6 Å². The number of hydrogen-bond donors (Lipinski definition) is 3. The molecule has 2 heterocycles. The maximum absolute atomic E-state index is 14.1. The lowest BCUT2D eigenvalue weighted by molar-refractivity contribution is -0.0494. The summed E-state index contributed by atoms with van der Waals surface area (Å²) in [4.78, 5) is 24.4. The Morgan fingerprint density at radius 2 is 2.26 bits per heavy atom. The predicted molar refractivity (Wildman–Crippen MR) is 74.1 cm³/mol. The standard InChI is InChI=1S/C11H17FN3O7P/c12-8-9(16)7(6-21-23(18,19)20-5-2-13)22-10(8)15-4-1-3-14-11(15)17/h1,3-4,7-10,16H,2,5-6,13H2,(H,18,19)/t7-,8?,9-,10?/m1/s1. The van der Waals surface area contributed by atoms with Crippen LogP contribution < -0.4 is 11.4 Å². The van der Waals surface area contributed by atoms with Gasteiger partial charge in [0.05, 0.1) is 13.2 Å². The van der Waals surface area contributed by atoms with E-state index in [1.807, 2.05) is 0 Å². The summed E-state index contributed by atoms with van der Waals surface area (Å²) in [5, 5.41) is 9.81. The summed E-state index contributed by atoms with van der Waals surface area (Å²) in [5.41, 5.74) is 4.37. The monoisotopic (exact) mass is 353 g/mol. The lowest BCUT2D eigenvalue weighted by atomic mass is 10.1. The van der Waals surface area contributed by atoms with Crippen LogP contribution in [0.15, 0.2) is 23.3 Å². The van der Waals surface area contributed by atoms with Gasteiger partial charge in [0, 0.05) is 18.9 Å². The average molecular weight is 353 g/mol. The van der Waals surface area contributed by atoms with Crippen LogP contribution in [0.1, 0.15) is 6.23 Å². The highest BCUT2D eigenvalue weighted by atomic mass is 31.2. The second-order valence-electron chi connectivity index (χ2n) is 4.70. The average Bonchev–Trinajstić information content (AvgIpc) is 2.80. The number of phosphoric acid groups is 1. The summed E-state index contributed by atoms with van der Waals surface area (Å²) in [6, 6.07) is 1.40. The number of hydrogen-bond acceptors (Lipinski definition) is 8. The summed E-state index contributed by atoms with van der Waals surface area (Å²) in [6.45, 7) is -0.804. The molecule has 0 saturated carbocycles. The fraction of sp³-hybridized carbons (Fsp3) is 0.636. The number of phosphoric ester groups is 1. The largest absolute Gasteiger partial charge is 0.472 e. The van der Waals surface area contributed by atoms with E-state index in [1.54, 1.807) is 0 Å². The summed E-state index contributed by atoms with van der Waals surface area (Å²) in [5.74, 6) is 0. The third kappa shape index (κ3) is 4.42. The van der Waals surface area contributed by atoms with Gasteiger partial charge in [0.25, 0.3) is 0 Å². The molecule has 2 rings (SSSR count). The first kappa shape index (κ1) is 18.1. The number of aliphatic hydroxyl groups excluding tert-OH is 1. The smallest absolute Gasteiger partial charge is 0.387 e. The molecular formula is C11H17FN3O7P.